The summed E-state index contributed by atoms with van der Waals surface area (Å²) in [5, 5.41) is 8.04. The number of pyridine rings is 1. The van der Waals surface area contributed by atoms with Crippen molar-refractivity contribution in [2.45, 2.75) is 32.6 Å². The first kappa shape index (κ1) is 18.7. The van der Waals surface area contributed by atoms with Gasteiger partial charge in [0.25, 0.3) is 11.6 Å². The molecule has 0 bridgehead atoms. The summed E-state index contributed by atoms with van der Waals surface area (Å²) in [7, 11) is 1.98. The number of hydrogen-bond acceptors (Lipinski definition) is 5. The maximum atomic E-state index is 12.7. The van der Waals surface area contributed by atoms with Crippen LogP contribution in [0.25, 0.3) is 11.1 Å². The van der Waals surface area contributed by atoms with Gasteiger partial charge in [-0.05, 0) is 51.3 Å². The van der Waals surface area contributed by atoms with E-state index in [2.05, 4.69) is 15.5 Å². The molecule has 3 heterocycles. The fourth-order valence-corrected chi connectivity index (χ4v) is 3.21. The van der Waals surface area contributed by atoms with E-state index in [0.717, 1.165) is 55.9 Å². The number of piperidine rings is 1. The minimum atomic E-state index is 0. The molecule has 0 radical (unpaired) electrons. The van der Waals surface area contributed by atoms with Crippen molar-refractivity contribution in [1.82, 2.24) is 20.4 Å². The third-order valence-corrected chi connectivity index (χ3v) is 4.69. The molecule has 1 amide bonds. The summed E-state index contributed by atoms with van der Waals surface area (Å²) < 4.78 is 5.18. The monoisotopic (exact) mass is 352 g/mol. The van der Waals surface area contributed by atoms with Crippen LogP contribution < -0.4 is 5.32 Å². The van der Waals surface area contributed by atoms with Gasteiger partial charge in [0.2, 0.25) is 0 Å². The molecule has 1 N–H and O–H groups in total. The van der Waals surface area contributed by atoms with E-state index in [-0.39, 0.29) is 18.3 Å². The zero-order chi connectivity index (χ0) is 16.2. The van der Waals surface area contributed by atoms with Crippen LogP contribution >= 0.6 is 12.4 Å². The second kappa shape index (κ2) is 8.44. The number of likely N-dealkylation sites (tertiary alicyclic amines) is 1. The summed E-state index contributed by atoms with van der Waals surface area (Å²) in [6.07, 6.45) is 5.71. The van der Waals surface area contributed by atoms with E-state index in [1.54, 1.807) is 6.20 Å². The minimum absolute atomic E-state index is 0. The van der Waals surface area contributed by atoms with Crippen LogP contribution in [0.3, 0.4) is 0 Å². The maximum Gasteiger partial charge on any atom is 0.257 e. The number of carbonyl (C=O) groups is 1. The number of fused-ring (bicyclic) bond motifs is 1. The van der Waals surface area contributed by atoms with Gasteiger partial charge in [-0.3, -0.25) is 4.79 Å². The second-order valence-corrected chi connectivity index (χ2v) is 6.19. The molecule has 1 saturated heterocycles. The highest BCUT2D eigenvalue weighted by Crippen LogP contribution is 2.23. The predicted molar refractivity (Wildman–Crippen MR) is 95.6 cm³/mol. The minimum Gasteiger partial charge on any atom is -0.339 e. The van der Waals surface area contributed by atoms with Gasteiger partial charge < -0.3 is 14.7 Å². The molecule has 3 rings (SSSR count). The van der Waals surface area contributed by atoms with Gasteiger partial charge in [-0.1, -0.05) is 12.1 Å². The Labute approximate surface area is 148 Å². The molecule has 0 atom stereocenters. The van der Waals surface area contributed by atoms with Crippen LogP contribution in [0.5, 0.6) is 0 Å². The molecule has 1 aliphatic heterocycles. The van der Waals surface area contributed by atoms with Crippen molar-refractivity contribution in [3.63, 3.8) is 0 Å². The van der Waals surface area contributed by atoms with Gasteiger partial charge in [0.15, 0.2) is 0 Å². The Morgan fingerprint density at radius 2 is 2.17 bits per heavy atom. The zero-order valence-electron chi connectivity index (χ0n) is 14.2. The number of amides is 1. The zero-order valence-corrected chi connectivity index (χ0v) is 15.1. The summed E-state index contributed by atoms with van der Waals surface area (Å²) >= 11 is 0. The largest absolute Gasteiger partial charge is 0.339 e. The van der Waals surface area contributed by atoms with Gasteiger partial charge in [-0.15, -0.1) is 12.4 Å². The Morgan fingerprint density at radius 1 is 1.42 bits per heavy atom. The fraction of sp³-hybridized carbons (Fsp3) is 0.588. The summed E-state index contributed by atoms with van der Waals surface area (Å²) in [4.78, 5) is 18.9. The number of nitrogens with zero attached hydrogens (tertiary/aromatic N) is 3. The molecule has 0 saturated carbocycles. The number of nitrogens with one attached hydrogen (secondary N) is 1. The number of hydrogen-bond donors (Lipinski definition) is 1. The molecule has 1 fully saturated rings. The Hall–Kier alpha value is -1.66. The number of rotatable bonds is 5. The van der Waals surface area contributed by atoms with E-state index in [1.807, 2.05) is 24.9 Å². The first-order valence-corrected chi connectivity index (χ1v) is 8.41. The van der Waals surface area contributed by atoms with E-state index >= 15 is 0 Å². The van der Waals surface area contributed by atoms with Gasteiger partial charge in [0, 0.05) is 19.3 Å². The molecule has 2 aromatic rings. The molecular formula is C17H25ClN4O2. The third-order valence-electron chi connectivity index (χ3n) is 4.69. The van der Waals surface area contributed by atoms with Crippen molar-refractivity contribution >= 4 is 29.4 Å². The topological polar surface area (TPSA) is 71.3 Å². The van der Waals surface area contributed by atoms with Crippen LogP contribution in [0.15, 0.2) is 16.8 Å². The molecule has 0 unspecified atom stereocenters. The number of halogens is 1. The van der Waals surface area contributed by atoms with Crippen molar-refractivity contribution < 1.29 is 9.32 Å². The van der Waals surface area contributed by atoms with Crippen LogP contribution in [0.1, 0.15) is 42.2 Å². The van der Waals surface area contributed by atoms with Crippen molar-refractivity contribution in [1.29, 1.82) is 0 Å². The van der Waals surface area contributed by atoms with E-state index in [9.17, 15) is 4.79 Å². The lowest BCUT2D eigenvalue weighted by atomic mass is 9.93. The predicted octanol–water partition coefficient (Wildman–Crippen LogP) is 2.67. The van der Waals surface area contributed by atoms with Gasteiger partial charge in [0.05, 0.1) is 16.6 Å². The lowest BCUT2D eigenvalue weighted by molar-refractivity contribution is 0.0687. The highest BCUT2D eigenvalue weighted by molar-refractivity contribution is 5.97. The summed E-state index contributed by atoms with van der Waals surface area (Å²) in [6, 6.07) is 1.87. The second-order valence-electron chi connectivity index (χ2n) is 6.19. The van der Waals surface area contributed by atoms with Gasteiger partial charge >= 0.3 is 0 Å². The van der Waals surface area contributed by atoms with Gasteiger partial charge in [-0.2, -0.15) is 0 Å². The fourth-order valence-electron chi connectivity index (χ4n) is 3.21. The van der Waals surface area contributed by atoms with Crippen LogP contribution in [-0.2, 0) is 6.42 Å². The smallest absolute Gasteiger partial charge is 0.257 e. The standard InChI is InChI=1S/C17H24N4O2.ClH/c1-3-15-14-10-13(11-19-16(14)23-20-15)17(22)21-8-5-12(6-9-21)4-7-18-2;/h10-12,18H,3-9H2,1-2H3;1H. The molecule has 0 aliphatic carbocycles. The normalized spacial score (nSPS) is 15.5. The first-order chi connectivity index (χ1) is 11.2. The summed E-state index contributed by atoms with van der Waals surface area (Å²) in [5.74, 6) is 0.784. The summed E-state index contributed by atoms with van der Waals surface area (Å²) in [5.41, 5.74) is 1.99. The molecule has 0 aromatic carbocycles. The molecule has 6 nitrogen and oxygen atoms in total. The Morgan fingerprint density at radius 3 is 2.83 bits per heavy atom. The molecular weight excluding hydrogens is 328 g/mol. The summed E-state index contributed by atoms with van der Waals surface area (Å²) in [6.45, 7) is 4.72. The SMILES string of the molecule is CCc1noc2ncc(C(=O)N3CCC(CCNC)CC3)cc12.Cl. The molecule has 1 aliphatic rings. The van der Waals surface area contributed by atoms with Crippen molar-refractivity contribution in [3.8, 4) is 0 Å². The third kappa shape index (κ3) is 3.87. The number of aromatic nitrogens is 2. The molecule has 132 valence electrons. The average molecular weight is 353 g/mol. The highest BCUT2D eigenvalue weighted by atomic mass is 35.5. The maximum absolute atomic E-state index is 12.7. The Balaban J connectivity index is 0.00000208. The van der Waals surface area contributed by atoms with Crippen LogP contribution in [-0.4, -0.2) is 47.6 Å². The Kier molecular flexibility index (Phi) is 6.57. The first-order valence-electron chi connectivity index (χ1n) is 8.41. The molecule has 0 spiro atoms. The van der Waals surface area contributed by atoms with Crippen molar-refractivity contribution in [3.05, 3.63) is 23.5 Å². The van der Waals surface area contributed by atoms with E-state index in [1.165, 1.54) is 6.42 Å². The van der Waals surface area contributed by atoms with Crippen molar-refractivity contribution in [2.75, 3.05) is 26.7 Å². The van der Waals surface area contributed by atoms with E-state index < -0.39 is 0 Å². The number of carbonyl (C=O) groups excluding carboxylic acids is 1. The molecule has 24 heavy (non-hydrogen) atoms. The lowest BCUT2D eigenvalue weighted by Crippen LogP contribution is -2.39. The van der Waals surface area contributed by atoms with Gasteiger partial charge in [0.1, 0.15) is 0 Å². The van der Waals surface area contributed by atoms with Crippen LogP contribution in [0.4, 0.5) is 0 Å². The quantitative estimate of drug-likeness (QED) is 0.895. The van der Waals surface area contributed by atoms with Gasteiger partial charge in [-0.25, -0.2) is 4.98 Å². The highest BCUT2D eigenvalue weighted by Gasteiger charge is 2.24. The molecule has 2 aromatic heterocycles. The van der Waals surface area contributed by atoms with E-state index in [0.29, 0.717) is 11.3 Å². The van der Waals surface area contributed by atoms with Crippen molar-refractivity contribution in [2.24, 2.45) is 5.92 Å². The number of aryl methyl sites for hydroxylation is 1. The Bertz CT molecular complexity index is 680. The molecule has 7 heteroatoms. The van der Waals surface area contributed by atoms with Crippen LogP contribution in [0.2, 0.25) is 0 Å². The lowest BCUT2D eigenvalue weighted by Gasteiger charge is -2.32. The average Bonchev–Trinajstić information content (AvgIpc) is 3.02. The van der Waals surface area contributed by atoms with Crippen LogP contribution in [0, 0.1) is 5.92 Å². The van der Waals surface area contributed by atoms with E-state index in [4.69, 9.17) is 4.52 Å².